The predicted molar refractivity (Wildman–Crippen MR) is 145 cm³/mol. The van der Waals surface area contributed by atoms with Crippen LogP contribution in [0.5, 0.6) is 0 Å². The lowest BCUT2D eigenvalue weighted by Crippen LogP contribution is -2.62. The fourth-order valence-corrected chi connectivity index (χ4v) is 6.74. The predicted octanol–water partition coefficient (Wildman–Crippen LogP) is 6.41. The Balaban J connectivity index is 1.64. The highest BCUT2D eigenvalue weighted by molar-refractivity contribution is 5.94. The molecule has 37 heavy (non-hydrogen) atoms. The number of benzene rings is 2. The van der Waals surface area contributed by atoms with Crippen LogP contribution in [-0.2, 0) is 28.8 Å². The number of carbonyl (C=O) groups is 1. The van der Waals surface area contributed by atoms with Crippen LogP contribution < -0.4 is 9.13 Å². The van der Waals surface area contributed by atoms with Gasteiger partial charge in [0.1, 0.15) is 0 Å². The van der Waals surface area contributed by atoms with Gasteiger partial charge in [-0.1, -0.05) is 57.5 Å². The molecule has 0 fully saturated rings. The van der Waals surface area contributed by atoms with Crippen molar-refractivity contribution in [2.24, 2.45) is 0 Å². The summed E-state index contributed by atoms with van der Waals surface area (Å²) in [7, 11) is 0. The maximum Gasteiger partial charge on any atom is 0.404 e. The zero-order valence-corrected chi connectivity index (χ0v) is 22.2. The SMILES string of the molecule is CCCCc1ccc2c3[n+](ccc2c1)C(CC)(CC)CC1(C[n+]2ccccc2C(=O)O1)c1ccccc1-3. The second-order valence-corrected chi connectivity index (χ2v) is 10.8. The topological polar surface area (TPSA) is 34.1 Å². The van der Waals surface area contributed by atoms with Gasteiger partial charge in [-0.05, 0) is 42.0 Å². The minimum Gasteiger partial charge on any atom is -0.439 e. The minimum atomic E-state index is -0.752. The molecule has 4 aromatic rings. The number of ether oxygens (including phenoxy) is 1. The summed E-state index contributed by atoms with van der Waals surface area (Å²) in [4.78, 5) is 13.4. The summed E-state index contributed by atoms with van der Waals surface area (Å²) in [6, 6.07) is 23.6. The number of pyridine rings is 2. The lowest BCUT2D eigenvalue weighted by Gasteiger charge is -2.38. The first-order valence-electron chi connectivity index (χ1n) is 13.8. The monoisotopic (exact) mass is 492 g/mol. The van der Waals surface area contributed by atoms with E-state index in [1.54, 1.807) is 0 Å². The van der Waals surface area contributed by atoms with E-state index in [1.165, 1.54) is 34.9 Å². The van der Waals surface area contributed by atoms with Crippen LogP contribution in [0.3, 0.4) is 0 Å². The highest BCUT2D eigenvalue weighted by Gasteiger charge is 2.58. The van der Waals surface area contributed by atoms with Crippen LogP contribution in [-0.4, -0.2) is 5.97 Å². The molecule has 0 bridgehead atoms. The molecular weight excluding hydrogens is 456 g/mol. The zero-order chi connectivity index (χ0) is 25.6. The highest BCUT2D eigenvalue weighted by Crippen LogP contribution is 2.48. The number of hydrogen-bond donors (Lipinski definition) is 0. The number of unbranched alkanes of at least 4 members (excludes halogenated alkanes) is 1. The van der Waals surface area contributed by atoms with Crippen molar-refractivity contribution in [1.29, 1.82) is 0 Å². The number of esters is 1. The summed E-state index contributed by atoms with van der Waals surface area (Å²) >= 11 is 0. The summed E-state index contributed by atoms with van der Waals surface area (Å²) in [6.07, 6.45) is 10.4. The lowest BCUT2D eigenvalue weighted by atomic mass is 9.76. The fourth-order valence-electron chi connectivity index (χ4n) is 6.74. The molecule has 0 amide bonds. The van der Waals surface area contributed by atoms with E-state index in [4.69, 9.17) is 4.74 Å². The van der Waals surface area contributed by atoms with Crippen molar-refractivity contribution in [1.82, 2.24) is 0 Å². The van der Waals surface area contributed by atoms with Gasteiger partial charge in [0, 0.05) is 36.6 Å². The van der Waals surface area contributed by atoms with Crippen molar-refractivity contribution < 1.29 is 18.7 Å². The molecule has 2 aromatic heterocycles. The summed E-state index contributed by atoms with van der Waals surface area (Å²) in [5, 5.41) is 2.53. The maximum absolute atomic E-state index is 13.4. The van der Waals surface area contributed by atoms with Gasteiger partial charge in [0.2, 0.25) is 11.3 Å². The molecule has 0 aliphatic carbocycles. The number of carbonyl (C=O) groups excluding carboxylic acids is 1. The average molecular weight is 493 g/mol. The summed E-state index contributed by atoms with van der Waals surface area (Å²) in [5.41, 5.74) is 4.55. The van der Waals surface area contributed by atoms with Crippen LogP contribution in [0.15, 0.2) is 79.1 Å². The number of rotatable bonds is 5. The Morgan fingerprint density at radius 3 is 2.54 bits per heavy atom. The van der Waals surface area contributed by atoms with Crippen LogP contribution in [0.25, 0.3) is 22.0 Å². The van der Waals surface area contributed by atoms with Gasteiger partial charge in [-0.15, -0.1) is 0 Å². The van der Waals surface area contributed by atoms with Crippen molar-refractivity contribution in [3.63, 3.8) is 0 Å². The Kier molecular flexibility index (Phi) is 5.86. The largest absolute Gasteiger partial charge is 0.439 e. The number of aromatic nitrogens is 2. The molecule has 1 spiro atoms. The molecule has 0 saturated heterocycles. The van der Waals surface area contributed by atoms with Gasteiger partial charge in [-0.3, -0.25) is 0 Å². The molecule has 2 aliphatic rings. The number of fused-ring (bicyclic) bond motifs is 7. The van der Waals surface area contributed by atoms with E-state index in [0.29, 0.717) is 12.2 Å². The van der Waals surface area contributed by atoms with E-state index in [9.17, 15) is 4.79 Å². The lowest BCUT2D eigenvalue weighted by molar-refractivity contribution is -0.764. The van der Waals surface area contributed by atoms with E-state index >= 15 is 0 Å². The molecule has 0 N–H and O–H groups in total. The molecule has 2 aromatic carbocycles. The molecule has 6 rings (SSSR count). The third kappa shape index (κ3) is 3.68. The fraction of sp³-hybridized carbons (Fsp3) is 0.364. The molecule has 1 atom stereocenters. The van der Waals surface area contributed by atoms with Gasteiger partial charge < -0.3 is 4.74 Å². The first-order chi connectivity index (χ1) is 18.0. The van der Waals surface area contributed by atoms with Gasteiger partial charge >= 0.3 is 5.97 Å². The molecule has 4 nitrogen and oxygen atoms in total. The minimum absolute atomic E-state index is 0.198. The zero-order valence-electron chi connectivity index (χ0n) is 22.2. The Morgan fingerprint density at radius 1 is 0.919 bits per heavy atom. The van der Waals surface area contributed by atoms with Gasteiger partial charge in [-0.25, -0.2) is 4.79 Å². The smallest absolute Gasteiger partial charge is 0.404 e. The van der Waals surface area contributed by atoms with Crippen LogP contribution in [0.1, 0.15) is 74.5 Å². The Hall–Kier alpha value is -3.53. The number of aryl methyl sites for hydroxylation is 1. The Morgan fingerprint density at radius 2 is 1.73 bits per heavy atom. The summed E-state index contributed by atoms with van der Waals surface area (Å²) in [5.74, 6) is -0.246. The molecule has 2 aliphatic heterocycles. The van der Waals surface area contributed by atoms with E-state index in [2.05, 4.69) is 84.6 Å². The van der Waals surface area contributed by atoms with Gasteiger partial charge in [0.15, 0.2) is 24.5 Å². The summed E-state index contributed by atoms with van der Waals surface area (Å²) in [6.45, 7) is 7.40. The molecular formula is C33H36N2O2+2. The van der Waals surface area contributed by atoms with Gasteiger partial charge in [0.05, 0.1) is 17.4 Å². The second kappa shape index (κ2) is 9.09. The van der Waals surface area contributed by atoms with Crippen LogP contribution in [0, 0.1) is 0 Å². The first-order valence-corrected chi connectivity index (χ1v) is 13.8. The van der Waals surface area contributed by atoms with Gasteiger partial charge in [-0.2, -0.15) is 9.13 Å². The normalized spacial score (nSPS) is 19.6. The Bertz CT molecular complexity index is 1500. The molecule has 4 heteroatoms. The standard InChI is InChI=1S/C33H36N2O2/c1-4-7-12-24-16-17-26-25(21-24)18-20-35-30(26)27-13-8-9-14-28(27)33(22-32(35,5-2)6-3)23-34-19-11-10-15-29(34)31(36)37-33/h8-11,13-21H,4-7,12,22-23H2,1-3H3/q+2. The first kappa shape index (κ1) is 23.8. The van der Waals surface area contributed by atoms with Crippen LogP contribution >= 0.6 is 0 Å². The van der Waals surface area contributed by atoms with Crippen molar-refractivity contribution in [2.45, 2.75) is 77.0 Å². The molecule has 188 valence electrons. The summed E-state index contributed by atoms with van der Waals surface area (Å²) < 4.78 is 11.1. The molecule has 0 radical (unpaired) electrons. The average Bonchev–Trinajstić information content (AvgIpc) is 3.03. The van der Waals surface area contributed by atoms with Crippen molar-refractivity contribution >= 4 is 16.7 Å². The van der Waals surface area contributed by atoms with Crippen molar-refractivity contribution in [2.75, 3.05) is 0 Å². The molecule has 1 unspecified atom stereocenters. The molecule has 0 saturated carbocycles. The number of hydrogen-bond acceptors (Lipinski definition) is 2. The Labute approximate surface area is 219 Å². The second-order valence-electron chi connectivity index (χ2n) is 10.8. The quantitative estimate of drug-likeness (QED) is 0.238. The third-order valence-corrected chi connectivity index (χ3v) is 8.81. The third-order valence-electron chi connectivity index (χ3n) is 8.81. The maximum atomic E-state index is 13.4. The van der Waals surface area contributed by atoms with E-state index in [1.807, 2.05) is 24.4 Å². The van der Waals surface area contributed by atoms with Gasteiger partial charge in [0.25, 0.3) is 5.69 Å². The van der Waals surface area contributed by atoms with Crippen LogP contribution in [0.2, 0.25) is 0 Å². The highest BCUT2D eigenvalue weighted by atomic mass is 16.6. The van der Waals surface area contributed by atoms with E-state index in [0.717, 1.165) is 36.8 Å². The molecule has 4 heterocycles. The van der Waals surface area contributed by atoms with Crippen molar-refractivity contribution in [3.8, 4) is 11.3 Å². The van der Waals surface area contributed by atoms with E-state index < -0.39 is 5.60 Å². The van der Waals surface area contributed by atoms with Crippen molar-refractivity contribution in [3.05, 3.63) is 95.9 Å². The van der Waals surface area contributed by atoms with E-state index in [-0.39, 0.29) is 11.5 Å². The van der Waals surface area contributed by atoms with Crippen LogP contribution in [0.4, 0.5) is 0 Å². The number of nitrogens with zero attached hydrogens (tertiary/aromatic N) is 2.